The Bertz CT molecular complexity index is 3480. The summed E-state index contributed by atoms with van der Waals surface area (Å²) < 4.78 is 17.1. The maximum Gasteiger partial charge on any atom is 0.354 e. The Balaban J connectivity index is 1.36. The molecule has 0 N–H and O–H groups in total. The van der Waals surface area contributed by atoms with Crippen LogP contribution in [-0.2, 0) is 5.66 Å². The number of hydrogen-bond acceptors (Lipinski definition) is 1. The third-order valence-corrected chi connectivity index (χ3v) is 12.0. The molecule has 228 valence electrons. The zero-order chi connectivity index (χ0) is 32.0. The molecule has 0 bridgehead atoms. The van der Waals surface area contributed by atoms with Gasteiger partial charge in [0.25, 0.3) is 11.7 Å². The molecule has 50 heavy (non-hydrogen) atoms. The third kappa shape index (κ3) is 2.31. The average Bonchev–Trinajstić information content (AvgIpc) is 3.81. The lowest BCUT2D eigenvalue weighted by Crippen LogP contribution is -2.76. The number of nitrogens with zero attached hydrogens (tertiary/aromatic N) is 4. The van der Waals surface area contributed by atoms with Crippen molar-refractivity contribution < 1.29 is 13.9 Å². The quantitative estimate of drug-likeness (QED) is 0.120. The number of ether oxygens (including phenoxy) is 1. The van der Waals surface area contributed by atoms with E-state index in [4.69, 9.17) is 4.74 Å². The van der Waals surface area contributed by atoms with E-state index in [1.54, 1.807) is 0 Å². The first-order valence-electron chi connectivity index (χ1n) is 17.3. The molecular formula is C45H24N4O+2. The van der Waals surface area contributed by atoms with Crippen LogP contribution in [0, 0.1) is 0 Å². The van der Waals surface area contributed by atoms with Crippen LogP contribution < -0.4 is 13.9 Å². The molecule has 0 radical (unpaired) electrons. The van der Waals surface area contributed by atoms with Crippen molar-refractivity contribution in [1.29, 1.82) is 0 Å². The van der Waals surface area contributed by atoms with Crippen LogP contribution in [0.5, 0.6) is 11.6 Å². The van der Waals surface area contributed by atoms with Crippen molar-refractivity contribution in [2.75, 3.05) is 0 Å². The summed E-state index contributed by atoms with van der Waals surface area (Å²) in [5.74, 6) is 2.87. The number of fused-ring (bicyclic) bond motifs is 16. The van der Waals surface area contributed by atoms with Gasteiger partial charge < -0.3 is 4.74 Å². The molecule has 6 aromatic carbocycles. The van der Waals surface area contributed by atoms with Crippen LogP contribution in [0.15, 0.2) is 146 Å². The van der Waals surface area contributed by atoms with Crippen LogP contribution in [0.4, 0.5) is 0 Å². The third-order valence-electron chi connectivity index (χ3n) is 12.0. The van der Waals surface area contributed by atoms with Gasteiger partial charge in [0.05, 0.1) is 11.6 Å². The van der Waals surface area contributed by atoms with Gasteiger partial charge in [-0.3, -0.25) is 0 Å². The predicted molar refractivity (Wildman–Crippen MR) is 198 cm³/mol. The smallest absolute Gasteiger partial charge is 0.354 e. The van der Waals surface area contributed by atoms with E-state index in [0.717, 1.165) is 23.1 Å². The minimum atomic E-state index is -0.750. The molecule has 0 saturated heterocycles. The predicted octanol–water partition coefficient (Wildman–Crippen LogP) is 9.41. The molecule has 5 aromatic heterocycles. The van der Waals surface area contributed by atoms with E-state index in [1.165, 1.54) is 87.1 Å². The van der Waals surface area contributed by atoms with Crippen molar-refractivity contribution in [3.05, 3.63) is 157 Å². The highest BCUT2D eigenvalue weighted by atomic mass is 16.5. The first kappa shape index (κ1) is 24.4. The lowest BCUT2D eigenvalue weighted by atomic mass is 9.87. The summed E-state index contributed by atoms with van der Waals surface area (Å²) >= 11 is 0. The zero-order valence-electron chi connectivity index (χ0n) is 26.6. The van der Waals surface area contributed by atoms with Crippen molar-refractivity contribution in [2.24, 2.45) is 0 Å². The van der Waals surface area contributed by atoms with Crippen LogP contribution in [-0.4, -0.2) is 8.97 Å². The summed E-state index contributed by atoms with van der Waals surface area (Å²) in [7, 11) is 0. The van der Waals surface area contributed by atoms with Gasteiger partial charge in [0.1, 0.15) is 22.3 Å². The largest absolute Gasteiger partial charge is 0.422 e. The van der Waals surface area contributed by atoms with Crippen LogP contribution in [0.1, 0.15) is 11.3 Å². The Labute approximate surface area is 283 Å². The maximum absolute atomic E-state index is 7.04. The Morgan fingerprint density at radius 1 is 0.500 bits per heavy atom. The molecule has 14 rings (SSSR count). The van der Waals surface area contributed by atoms with E-state index in [2.05, 4.69) is 164 Å². The lowest BCUT2D eigenvalue weighted by molar-refractivity contribution is -0.958. The molecule has 3 aliphatic rings. The second-order valence-corrected chi connectivity index (χ2v) is 14.1. The first-order chi connectivity index (χ1) is 24.9. The molecule has 5 nitrogen and oxygen atoms in total. The minimum Gasteiger partial charge on any atom is -0.422 e. The van der Waals surface area contributed by atoms with Gasteiger partial charge in [-0.25, -0.2) is 0 Å². The van der Waals surface area contributed by atoms with E-state index >= 15 is 0 Å². The molecule has 1 unspecified atom stereocenters. The van der Waals surface area contributed by atoms with Gasteiger partial charge in [0, 0.05) is 44.5 Å². The maximum atomic E-state index is 7.04. The highest BCUT2D eigenvalue weighted by molar-refractivity contribution is 6.36. The highest BCUT2D eigenvalue weighted by Crippen LogP contribution is 2.55. The molecule has 3 aliphatic heterocycles. The molecule has 0 aliphatic carbocycles. The minimum absolute atomic E-state index is 0.750. The van der Waals surface area contributed by atoms with Gasteiger partial charge in [-0.05, 0) is 70.1 Å². The van der Waals surface area contributed by atoms with Gasteiger partial charge in [-0.1, -0.05) is 78.9 Å². The summed E-state index contributed by atoms with van der Waals surface area (Å²) in [6.45, 7) is 0. The normalized spacial score (nSPS) is 16.6. The Hall–Kier alpha value is -6.72. The molecule has 0 fully saturated rings. The second-order valence-electron chi connectivity index (χ2n) is 14.1. The number of benzene rings is 6. The van der Waals surface area contributed by atoms with Crippen molar-refractivity contribution in [3.63, 3.8) is 0 Å². The lowest BCUT2D eigenvalue weighted by Gasteiger charge is -2.34. The monoisotopic (exact) mass is 636 g/mol. The topological polar surface area (TPSA) is 26.3 Å². The molecule has 0 saturated carbocycles. The fraction of sp³-hybridized carbons (Fsp3) is 0.0222. The number of aromatic nitrogens is 4. The number of para-hydroxylation sites is 1. The van der Waals surface area contributed by atoms with Crippen LogP contribution in [0.3, 0.4) is 0 Å². The van der Waals surface area contributed by atoms with Gasteiger partial charge in [0.15, 0.2) is 5.52 Å². The van der Waals surface area contributed by atoms with Crippen molar-refractivity contribution in [2.45, 2.75) is 5.66 Å². The highest BCUT2D eigenvalue weighted by Gasteiger charge is 2.67. The van der Waals surface area contributed by atoms with Crippen molar-refractivity contribution >= 4 is 81.4 Å². The number of hydrogen-bond donors (Lipinski definition) is 0. The first-order valence-corrected chi connectivity index (χ1v) is 17.3. The summed E-state index contributed by atoms with van der Waals surface area (Å²) in [4.78, 5) is 0. The Kier molecular flexibility index (Phi) is 3.80. The molecule has 1 spiro atoms. The Morgan fingerprint density at radius 3 is 1.96 bits per heavy atom. The molecule has 1 atom stereocenters. The van der Waals surface area contributed by atoms with Crippen molar-refractivity contribution in [3.8, 4) is 17.4 Å². The van der Waals surface area contributed by atoms with Crippen LogP contribution in [0.25, 0.3) is 87.3 Å². The Morgan fingerprint density at radius 2 is 1.14 bits per heavy atom. The summed E-state index contributed by atoms with van der Waals surface area (Å²) in [6.07, 6.45) is 2.28. The van der Waals surface area contributed by atoms with Gasteiger partial charge in [0.2, 0.25) is 5.69 Å². The number of rotatable bonds is 0. The zero-order valence-corrected chi connectivity index (χ0v) is 26.6. The fourth-order valence-corrected chi connectivity index (χ4v) is 10.4. The second kappa shape index (κ2) is 7.77. The fourth-order valence-electron chi connectivity index (χ4n) is 10.4. The van der Waals surface area contributed by atoms with E-state index in [1.807, 2.05) is 0 Å². The van der Waals surface area contributed by atoms with E-state index in [-0.39, 0.29) is 0 Å². The van der Waals surface area contributed by atoms with Gasteiger partial charge >= 0.3 is 11.3 Å². The van der Waals surface area contributed by atoms with E-state index in [0.29, 0.717) is 0 Å². The average molecular weight is 637 g/mol. The SMILES string of the molecule is c1cc[n+]2c(c1)-n1c3ccccc3c3ccc4c(c31)C21c2c3ccccc3c3c5c6ccccc6c6ccccc6c5c5ccc([n+]1c5n23)O4. The summed E-state index contributed by atoms with van der Waals surface area (Å²) in [6, 6.07) is 51.4. The van der Waals surface area contributed by atoms with Crippen molar-refractivity contribution in [1.82, 2.24) is 8.97 Å². The molecular weight excluding hydrogens is 613 g/mol. The van der Waals surface area contributed by atoms with Gasteiger partial charge in [-0.15, -0.1) is 4.57 Å². The molecule has 5 heteroatoms. The van der Waals surface area contributed by atoms with Crippen LogP contribution in [0.2, 0.25) is 0 Å². The molecule has 0 amide bonds. The number of pyridine rings is 3. The molecule has 11 aromatic rings. The van der Waals surface area contributed by atoms with E-state index < -0.39 is 5.66 Å². The van der Waals surface area contributed by atoms with Crippen LogP contribution >= 0.6 is 0 Å². The van der Waals surface area contributed by atoms with Gasteiger partial charge in [-0.2, -0.15) is 13.5 Å². The standard InChI is InChI=1S/C45H24N4O/c1-3-14-28-25(11-1)26-12-2-4-15-29(26)39-38(28)33-21-23-37-49-44(33)48-41(39)30-16-5-6-17-32(30)43(48)45(49)40-35(50-37)22-20-31-27-13-7-8-18-34(27)47(42(31)40)36-19-9-10-24-46(36)45/h1-24H/q+2. The summed E-state index contributed by atoms with van der Waals surface area (Å²) in [5, 5.41) is 13.9. The molecule has 8 heterocycles. The van der Waals surface area contributed by atoms with E-state index in [9.17, 15) is 0 Å². The summed E-state index contributed by atoms with van der Waals surface area (Å²) in [5.41, 5.74) is 6.50.